The molecule has 6 nitrogen and oxygen atoms in total. The summed E-state index contributed by atoms with van der Waals surface area (Å²) in [5, 5.41) is 5.95. The predicted octanol–water partition coefficient (Wildman–Crippen LogP) is 2.98. The highest BCUT2D eigenvalue weighted by Crippen LogP contribution is 2.17. The zero-order valence-corrected chi connectivity index (χ0v) is 16.8. The molecule has 0 fully saturated rings. The molecule has 2 aromatic rings. The van der Waals surface area contributed by atoms with Crippen LogP contribution in [0.4, 0.5) is 11.4 Å². The third-order valence-corrected chi connectivity index (χ3v) is 5.44. The van der Waals surface area contributed by atoms with Crippen LogP contribution in [0, 0.1) is 0 Å². The first kappa shape index (κ1) is 20.9. The molecule has 27 heavy (non-hydrogen) atoms. The Labute approximate surface area is 161 Å². The third kappa shape index (κ3) is 6.37. The molecule has 146 valence electrons. The first-order valence-corrected chi connectivity index (χ1v) is 10.9. The summed E-state index contributed by atoms with van der Waals surface area (Å²) in [7, 11) is -3.24. The van der Waals surface area contributed by atoms with E-state index in [9.17, 15) is 13.2 Å². The van der Waals surface area contributed by atoms with Crippen molar-refractivity contribution in [2.75, 3.05) is 36.5 Å². The molecule has 0 spiro atoms. The molecule has 2 rings (SSSR count). The fourth-order valence-electron chi connectivity index (χ4n) is 2.68. The van der Waals surface area contributed by atoms with Gasteiger partial charge in [-0.15, -0.1) is 0 Å². The SMILES string of the molecule is CCN(CC)Cc1ccccc1NCC(=O)Nc1ccc(S(C)(=O)=O)cc1. The van der Waals surface area contributed by atoms with E-state index in [1.807, 2.05) is 18.2 Å². The number of benzene rings is 2. The van der Waals surface area contributed by atoms with Gasteiger partial charge in [0.1, 0.15) is 0 Å². The summed E-state index contributed by atoms with van der Waals surface area (Å²) in [6, 6.07) is 14.1. The van der Waals surface area contributed by atoms with Crippen molar-refractivity contribution in [1.29, 1.82) is 0 Å². The molecule has 0 radical (unpaired) electrons. The average Bonchev–Trinajstić information content (AvgIpc) is 2.65. The van der Waals surface area contributed by atoms with Crippen LogP contribution in [0.1, 0.15) is 19.4 Å². The fourth-order valence-corrected chi connectivity index (χ4v) is 3.32. The molecule has 0 aliphatic carbocycles. The summed E-state index contributed by atoms with van der Waals surface area (Å²) < 4.78 is 23.0. The van der Waals surface area contributed by atoms with Gasteiger partial charge in [-0.05, 0) is 49.0 Å². The van der Waals surface area contributed by atoms with Crippen molar-refractivity contribution in [2.24, 2.45) is 0 Å². The fraction of sp³-hybridized carbons (Fsp3) is 0.350. The van der Waals surface area contributed by atoms with Gasteiger partial charge < -0.3 is 10.6 Å². The zero-order valence-electron chi connectivity index (χ0n) is 16.0. The van der Waals surface area contributed by atoms with Crippen molar-refractivity contribution >= 4 is 27.1 Å². The van der Waals surface area contributed by atoms with Gasteiger partial charge in [-0.25, -0.2) is 8.42 Å². The molecule has 0 heterocycles. The second-order valence-electron chi connectivity index (χ2n) is 6.32. The Kier molecular flexibility index (Phi) is 7.38. The van der Waals surface area contributed by atoms with Crippen LogP contribution in [0.25, 0.3) is 0 Å². The van der Waals surface area contributed by atoms with Crippen molar-refractivity contribution in [2.45, 2.75) is 25.3 Å². The first-order chi connectivity index (χ1) is 12.8. The van der Waals surface area contributed by atoms with E-state index in [-0.39, 0.29) is 17.3 Å². The summed E-state index contributed by atoms with van der Waals surface area (Å²) in [6.45, 7) is 7.14. The minimum Gasteiger partial charge on any atom is -0.376 e. The molecule has 0 saturated heterocycles. The highest BCUT2D eigenvalue weighted by Gasteiger charge is 2.09. The van der Waals surface area contributed by atoms with Crippen molar-refractivity contribution in [3.8, 4) is 0 Å². The largest absolute Gasteiger partial charge is 0.376 e. The number of anilines is 2. The van der Waals surface area contributed by atoms with Crippen molar-refractivity contribution in [1.82, 2.24) is 4.90 Å². The lowest BCUT2D eigenvalue weighted by Crippen LogP contribution is -2.25. The van der Waals surface area contributed by atoms with Gasteiger partial charge in [0, 0.05) is 24.2 Å². The summed E-state index contributed by atoms with van der Waals surface area (Å²) >= 11 is 0. The topological polar surface area (TPSA) is 78.5 Å². The maximum absolute atomic E-state index is 12.2. The van der Waals surface area contributed by atoms with Crippen LogP contribution in [-0.2, 0) is 21.2 Å². The standard InChI is InChI=1S/C20H27N3O3S/c1-4-23(5-2)15-16-8-6-7-9-19(16)21-14-20(24)22-17-10-12-18(13-11-17)27(3,25)26/h6-13,21H,4-5,14-15H2,1-3H3,(H,22,24). The normalized spacial score (nSPS) is 11.4. The van der Waals surface area contributed by atoms with Gasteiger partial charge in [-0.1, -0.05) is 32.0 Å². The van der Waals surface area contributed by atoms with Gasteiger partial charge in [0.2, 0.25) is 5.91 Å². The van der Waals surface area contributed by atoms with E-state index in [1.165, 1.54) is 12.1 Å². The monoisotopic (exact) mass is 389 g/mol. The van der Waals surface area contributed by atoms with Crippen LogP contribution in [-0.4, -0.2) is 45.1 Å². The summed E-state index contributed by atoms with van der Waals surface area (Å²) in [4.78, 5) is 14.7. The molecule has 2 aromatic carbocycles. The van der Waals surface area contributed by atoms with E-state index in [4.69, 9.17) is 0 Å². The van der Waals surface area contributed by atoms with Gasteiger partial charge >= 0.3 is 0 Å². The number of hydrogen-bond acceptors (Lipinski definition) is 5. The number of carbonyl (C=O) groups is 1. The smallest absolute Gasteiger partial charge is 0.243 e. The summed E-state index contributed by atoms with van der Waals surface area (Å²) in [6.07, 6.45) is 1.15. The highest BCUT2D eigenvalue weighted by molar-refractivity contribution is 7.90. The van der Waals surface area contributed by atoms with Gasteiger partial charge in [-0.3, -0.25) is 9.69 Å². The number of nitrogens with one attached hydrogen (secondary N) is 2. The maximum Gasteiger partial charge on any atom is 0.243 e. The van der Waals surface area contributed by atoms with Crippen LogP contribution in [0.5, 0.6) is 0 Å². The van der Waals surface area contributed by atoms with Crippen molar-refractivity contribution in [3.63, 3.8) is 0 Å². The van der Waals surface area contributed by atoms with E-state index in [2.05, 4.69) is 35.4 Å². The molecular weight excluding hydrogens is 362 g/mol. The van der Waals surface area contributed by atoms with Crippen LogP contribution in [0.15, 0.2) is 53.4 Å². The van der Waals surface area contributed by atoms with Crippen LogP contribution in [0.3, 0.4) is 0 Å². The second kappa shape index (κ2) is 9.53. The number of nitrogens with zero attached hydrogens (tertiary/aromatic N) is 1. The molecule has 0 bridgehead atoms. The Hall–Kier alpha value is -2.38. The molecule has 0 unspecified atom stereocenters. The lowest BCUT2D eigenvalue weighted by atomic mass is 10.1. The Bertz CT molecular complexity index is 860. The molecule has 1 amide bonds. The molecule has 0 saturated carbocycles. The molecule has 0 aliphatic heterocycles. The van der Waals surface area contributed by atoms with E-state index in [0.29, 0.717) is 5.69 Å². The first-order valence-electron chi connectivity index (χ1n) is 8.97. The molecule has 0 atom stereocenters. The van der Waals surface area contributed by atoms with Crippen LogP contribution >= 0.6 is 0 Å². The zero-order chi connectivity index (χ0) is 19.9. The second-order valence-corrected chi connectivity index (χ2v) is 8.33. The number of rotatable bonds is 9. The Morgan fingerprint density at radius 1 is 1.00 bits per heavy atom. The summed E-state index contributed by atoms with van der Waals surface area (Å²) in [5.74, 6) is -0.195. The Morgan fingerprint density at radius 2 is 1.63 bits per heavy atom. The number of hydrogen-bond donors (Lipinski definition) is 2. The lowest BCUT2D eigenvalue weighted by molar-refractivity contribution is -0.114. The lowest BCUT2D eigenvalue weighted by Gasteiger charge is -2.20. The quantitative estimate of drug-likeness (QED) is 0.689. The average molecular weight is 390 g/mol. The van der Waals surface area contributed by atoms with Crippen LogP contribution in [0.2, 0.25) is 0 Å². The molecule has 7 heteroatoms. The minimum absolute atomic E-state index is 0.128. The van der Waals surface area contributed by atoms with E-state index in [0.717, 1.165) is 37.1 Å². The van der Waals surface area contributed by atoms with E-state index >= 15 is 0 Å². The van der Waals surface area contributed by atoms with Crippen LogP contribution < -0.4 is 10.6 Å². The summed E-state index contributed by atoms with van der Waals surface area (Å²) in [5.41, 5.74) is 2.64. The molecular formula is C20H27N3O3S. The van der Waals surface area contributed by atoms with Gasteiger partial charge in [0.15, 0.2) is 9.84 Å². The number of sulfone groups is 1. The van der Waals surface area contributed by atoms with Crippen molar-refractivity contribution in [3.05, 3.63) is 54.1 Å². The maximum atomic E-state index is 12.2. The Morgan fingerprint density at radius 3 is 2.22 bits per heavy atom. The highest BCUT2D eigenvalue weighted by atomic mass is 32.2. The predicted molar refractivity (Wildman–Crippen MR) is 110 cm³/mol. The molecule has 0 aromatic heterocycles. The number of para-hydroxylation sites is 1. The van der Waals surface area contributed by atoms with E-state index < -0.39 is 9.84 Å². The third-order valence-electron chi connectivity index (χ3n) is 4.31. The van der Waals surface area contributed by atoms with Gasteiger partial charge in [-0.2, -0.15) is 0 Å². The Balaban J connectivity index is 1.96. The number of amides is 1. The number of carbonyl (C=O) groups excluding carboxylic acids is 1. The van der Waals surface area contributed by atoms with E-state index in [1.54, 1.807) is 12.1 Å². The molecule has 2 N–H and O–H groups in total. The molecule has 0 aliphatic rings. The van der Waals surface area contributed by atoms with Gasteiger partial charge in [0.05, 0.1) is 11.4 Å². The van der Waals surface area contributed by atoms with Crippen molar-refractivity contribution < 1.29 is 13.2 Å². The minimum atomic E-state index is -3.24. The van der Waals surface area contributed by atoms with Gasteiger partial charge in [0.25, 0.3) is 0 Å².